The molecule has 0 bridgehead atoms. The van der Waals surface area contributed by atoms with E-state index in [9.17, 15) is 8.42 Å². The van der Waals surface area contributed by atoms with Crippen molar-refractivity contribution in [2.75, 3.05) is 10.5 Å². The number of thiazole rings is 1. The molecule has 0 aliphatic heterocycles. The smallest absolute Gasteiger partial charge is 0.268 e. The van der Waals surface area contributed by atoms with E-state index in [2.05, 4.69) is 19.9 Å². The number of anilines is 2. The molecule has 0 unspecified atom stereocenters. The fourth-order valence-corrected chi connectivity index (χ4v) is 3.55. The zero-order chi connectivity index (χ0) is 14.3. The van der Waals surface area contributed by atoms with Crippen LogP contribution in [0.5, 0.6) is 0 Å². The molecule has 0 atom stereocenters. The van der Waals surface area contributed by atoms with Crippen LogP contribution in [0, 0.1) is 0 Å². The predicted molar refractivity (Wildman–Crippen MR) is 74.6 cm³/mol. The normalized spacial score (nSPS) is 12.6. The summed E-state index contributed by atoms with van der Waals surface area (Å²) in [4.78, 5) is 4.18. The van der Waals surface area contributed by atoms with Gasteiger partial charge in [0, 0.05) is 10.8 Å². The zero-order valence-corrected chi connectivity index (χ0v) is 12.4. The average molecular weight is 301 g/mol. The third-order valence-electron chi connectivity index (χ3n) is 2.42. The van der Waals surface area contributed by atoms with Crippen LogP contribution in [-0.2, 0) is 15.4 Å². The van der Waals surface area contributed by atoms with Gasteiger partial charge in [0.25, 0.3) is 10.0 Å². The minimum atomic E-state index is -3.75. The minimum absolute atomic E-state index is 0.0000935. The van der Waals surface area contributed by atoms with Gasteiger partial charge in [0.2, 0.25) is 0 Å². The van der Waals surface area contributed by atoms with Gasteiger partial charge < -0.3 is 5.73 Å². The lowest BCUT2D eigenvalue weighted by atomic mass is 9.93. The van der Waals surface area contributed by atoms with Gasteiger partial charge in [-0.1, -0.05) is 20.8 Å². The first-order chi connectivity index (χ1) is 8.70. The van der Waals surface area contributed by atoms with Crippen LogP contribution in [0.4, 0.5) is 10.9 Å². The first-order valence-corrected chi connectivity index (χ1v) is 7.84. The van der Waals surface area contributed by atoms with Crippen LogP contribution in [0.1, 0.15) is 26.5 Å². The first kappa shape index (κ1) is 13.8. The Bertz CT molecular complexity index is 681. The maximum absolute atomic E-state index is 12.1. The molecule has 0 spiro atoms. The van der Waals surface area contributed by atoms with E-state index in [0.717, 1.165) is 11.9 Å². The molecule has 0 radical (unpaired) electrons. The van der Waals surface area contributed by atoms with Crippen LogP contribution in [0.25, 0.3) is 0 Å². The lowest BCUT2D eigenvalue weighted by Gasteiger charge is -2.14. The largest absolute Gasteiger partial charge is 0.383 e. The van der Waals surface area contributed by atoms with Crippen molar-refractivity contribution in [1.29, 1.82) is 0 Å². The number of rotatable bonds is 3. The Morgan fingerprint density at radius 3 is 2.58 bits per heavy atom. The van der Waals surface area contributed by atoms with Gasteiger partial charge in [-0.15, -0.1) is 11.3 Å². The molecule has 0 amide bonds. The Morgan fingerprint density at radius 2 is 2.11 bits per heavy atom. The summed E-state index contributed by atoms with van der Waals surface area (Å²) in [5.74, 6) is 0.0000935. The molecule has 0 aliphatic carbocycles. The summed E-state index contributed by atoms with van der Waals surface area (Å²) < 4.78 is 26.5. The molecule has 2 heterocycles. The monoisotopic (exact) mass is 301 g/mol. The number of nitrogen functional groups attached to an aromatic ring is 1. The van der Waals surface area contributed by atoms with Crippen molar-refractivity contribution < 1.29 is 8.42 Å². The number of nitrogens with one attached hydrogen (secondary N) is 2. The van der Waals surface area contributed by atoms with Gasteiger partial charge in [-0.3, -0.25) is 9.82 Å². The van der Waals surface area contributed by atoms with Crippen molar-refractivity contribution in [3.8, 4) is 0 Å². The zero-order valence-electron chi connectivity index (χ0n) is 10.8. The van der Waals surface area contributed by atoms with Crippen molar-refractivity contribution >= 4 is 32.3 Å². The Labute approximate surface area is 115 Å². The van der Waals surface area contributed by atoms with Crippen molar-refractivity contribution in [1.82, 2.24) is 15.2 Å². The second-order valence-electron chi connectivity index (χ2n) is 5.04. The van der Waals surface area contributed by atoms with Crippen LogP contribution in [0.2, 0.25) is 0 Å². The van der Waals surface area contributed by atoms with Gasteiger partial charge in [0.05, 0.1) is 11.9 Å². The fraction of sp³-hybridized carbons (Fsp3) is 0.400. The van der Waals surface area contributed by atoms with Crippen LogP contribution in [0.3, 0.4) is 0 Å². The number of hydrogen-bond acceptors (Lipinski definition) is 6. The summed E-state index contributed by atoms with van der Waals surface area (Å²) in [7, 11) is -3.75. The molecule has 7 nitrogen and oxygen atoms in total. The lowest BCUT2D eigenvalue weighted by molar-refractivity contribution is 0.573. The molecule has 0 saturated carbocycles. The topological polar surface area (TPSA) is 114 Å². The van der Waals surface area contributed by atoms with Crippen molar-refractivity contribution in [3.63, 3.8) is 0 Å². The summed E-state index contributed by atoms with van der Waals surface area (Å²) >= 11 is 1.23. The number of H-pyrrole nitrogens is 1. The maximum atomic E-state index is 12.1. The molecule has 2 aromatic rings. The molecule has 0 aromatic carbocycles. The number of hydrogen-bond donors (Lipinski definition) is 3. The highest BCUT2D eigenvalue weighted by Crippen LogP contribution is 2.28. The van der Waals surface area contributed by atoms with E-state index >= 15 is 0 Å². The van der Waals surface area contributed by atoms with Crippen LogP contribution in [-0.4, -0.2) is 23.6 Å². The van der Waals surface area contributed by atoms with Gasteiger partial charge in [-0.2, -0.15) is 5.10 Å². The molecule has 19 heavy (non-hydrogen) atoms. The summed E-state index contributed by atoms with van der Waals surface area (Å²) in [5, 5.41) is 8.11. The minimum Gasteiger partial charge on any atom is -0.383 e. The highest BCUT2D eigenvalue weighted by molar-refractivity contribution is 7.93. The van der Waals surface area contributed by atoms with E-state index < -0.39 is 10.0 Å². The van der Waals surface area contributed by atoms with Crippen LogP contribution in [0.15, 0.2) is 16.5 Å². The maximum Gasteiger partial charge on any atom is 0.268 e. The average Bonchev–Trinajstić information content (AvgIpc) is 2.85. The molecule has 2 aromatic heterocycles. The van der Waals surface area contributed by atoms with E-state index in [4.69, 9.17) is 5.73 Å². The van der Waals surface area contributed by atoms with E-state index in [1.807, 2.05) is 26.2 Å². The highest BCUT2D eigenvalue weighted by Gasteiger charge is 2.23. The SMILES string of the molecule is CC(C)(C)c1csc(NS(=O)(=O)c2cn[nH]c2N)n1. The van der Waals surface area contributed by atoms with Gasteiger partial charge >= 0.3 is 0 Å². The number of nitrogens with zero attached hydrogens (tertiary/aromatic N) is 2. The fourth-order valence-electron chi connectivity index (χ4n) is 1.33. The van der Waals surface area contributed by atoms with Crippen molar-refractivity contribution in [2.45, 2.75) is 31.1 Å². The number of aromatic amines is 1. The van der Waals surface area contributed by atoms with Gasteiger partial charge in [0.15, 0.2) is 5.13 Å². The van der Waals surface area contributed by atoms with Gasteiger partial charge in [-0.25, -0.2) is 13.4 Å². The van der Waals surface area contributed by atoms with Crippen LogP contribution < -0.4 is 10.5 Å². The number of nitrogens with two attached hydrogens (primary N) is 1. The Hall–Kier alpha value is -1.61. The summed E-state index contributed by atoms with van der Waals surface area (Å²) in [6, 6.07) is 0. The third-order valence-corrected chi connectivity index (χ3v) is 4.67. The van der Waals surface area contributed by atoms with Gasteiger partial charge in [-0.05, 0) is 0 Å². The van der Waals surface area contributed by atoms with E-state index in [1.54, 1.807) is 0 Å². The quantitative estimate of drug-likeness (QED) is 0.795. The summed E-state index contributed by atoms with van der Waals surface area (Å²) in [6.45, 7) is 6.02. The summed E-state index contributed by atoms with van der Waals surface area (Å²) in [5.41, 5.74) is 6.20. The Morgan fingerprint density at radius 1 is 1.42 bits per heavy atom. The molecule has 0 fully saturated rings. The number of sulfonamides is 1. The molecular formula is C10H15N5O2S2. The standard InChI is InChI=1S/C10H15N5O2S2/c1-10(2,3)7-5-18-9(13-7)15-19(16,17)6-4-12-14-8(6)11/h4-5H,1-3H3,(H,13,15)(H3,11,12,14). The Balaban J connectivity index is 2.27. The molecule has 104 valence electrons. The predicted octanol–water partition coefficient (Wildman–Crippen LogP) is 1.55. The second-order valence-corrected chi connectivity index (χ2v) is 7.55. The van der Waals surface area contributed by atoms with E-state index in [0.29, 0.717) is 5.13 Å². The van der Waals surface area contributed by atoms with Crippen molar-refractivity contribution in [3.05, 3.63) is 17.3 Å². The molecule has 4 N–H and O–H groups in total. The second kappa shape index (κ2) is 4.49. The van der Waals surface area contributed by atoms with Crippen molar-refractivity contribution in [2.24, 2.45) is 0 Å². The lowest BCUT2D eigenvalue weighted by Crippen LogP contribution is -2.15. The van der Waals surface area contributed by atoms with E-state index in [1.165, 1.54) is 11.3 Å². The molecule has 0 aliphatic rings. The summed E-state index contributed by atoms with van der Waals surface area (Å²) in [6.07, 6.45) is 1.16. The first-order valence-electron chi connectivity index (χ1n) is 5.48. The van der Waals surface area contributed by atoms with E-state index in [-0.39, 0.29) is 16.1 Å². The van der Waals surface area contributed by atoms with Crippen LogP contribution >= 0.6 is 11.3 Å². The number of aromatic nitrogens is 3. The highest BCUT2D eigenvalue weighted by atomic mass is 32.2. The molecular weight excluding hydrogens is 286 g/mol. The Kier molecular flexibility index (Phi) is 3.27. The molecule has 0 saturated heterocycles. The molecule has 9 heteroatoms. The van der Waals surface area contributed by atoms with Gasteiger partial charge in [0.1, 0.15) is 10.7 Å². The third kappa shape index (κ3) is 2.87. The molecule has 2 rings (SSSR count).